The van der Waals surface area contributed by atoms with Crippen LogP contribution in [0, 0.1) is 6.92 Å². The van der Waals surface area contributed by atoms with Gasteiger partial charge in [0.15, 0.2) is 22.7 Å². The lowest BCUT2D eigenvalue weighted by Crippen LogP contribution is -2.30. The molecule has 0 saturated carbocycles. The number of carbonyl (C=O) groups is 2. The summed E-state index contributed by atoms with van der Waals surface area (Å²) in [5.41, 5.74) is 1.47. The van der Waals surface area contributed by atoms with Gasteiger partial charge in [-0.2, -0.15) is 0 Å². The molecule has 3 rings (SSSR count). The molecule has 1 atom stereocenters. The normalized spacial score (nSPS) is 11.5. The van der Waals surface area contributed by atoms with Crippen molar-refractivity contribution in [2.45, 2.75) is 32.8 Å². The van der Waals surface area contributed by atoms with Crippen LogP contribution in [0.2, 0.25) is 0 Å². The number of thiophene rings is 1. The van der Waals surface area contributed by atoms with Gasteiger partial charge in [-0.3, -0.25) is 9.59 Å². The molecule has 0 bridgehead atoms. The minimum Gasteiger partial charge on any atom is -0.493 e. The third-order valence-corrected chi connectivity index (χ3v) is 6.48. The van der Waals surface area contributed by atoms with E-state index in [0.717, 1.165) is 15.7 Å². The fourth-order valence-electron chi connectivity index (χ4n) is 2.94. The third-order valence-electron chi connectivity index (χ3n) is 4.66. The van der Waals surface area contributed by atoms with Crippen LogP contribution < -0.4 is 20.1 Å². The van der Waals surface area contributed by atoms with Gasteiger partial charge in [-0.25, -0.2) is 4.98 Å². The van der Waals surface area contributed by atoms with Gasteiger partial charge in [-0.15, -0.1) is 22.7 Å². The molecule has 1 unspecified atom stereocenters. The number of nitrogens with zero attached hydrogens (tertiary/aromatic N) is 1. The lowest BCUT2D eigenvalue weighted by Gasteiger charge is -2.15. The number of amides is 1. The summed E-state index contributed by atoms with van der Waals surface area (Å²) in [4.78, 5) is 31.4. The molecule has 0 aliphatic rings. The monoisotopic (exact) mass is 489 g/mol. The summed E-state index contributed by atoms with van der Waals surface area (Å²) < 4.78 is 15.7. The first-order valence-corrected chi connectivity index (χ1v) is 12.1. The Morgan fingerprint density at radius 2 is 1.91 bits per heavy atom. The van der Waals surface area contributed by atoms with Crippen LogP contribution >= 0.6 is 22.7 Å². The maximum atomic E-state index is 12.4. The molecule has 0 fully saturated rings. The van der Waals surface area contributed by atoms with Crippen molar-refractivity contribution in [3.05, 3.63) is 40.6 Å². The fraction of sp³-hybridized carbons (Fsp3) is 0.348. The van der Waals surface area contributed by atoms with Crippen molar-refractivity contribution in [1.29, 1.82) is 0 Å². The number of anilines is 2. The highest BCUT2D eigenvalue weighted by molar-refractivity contribution is 7.16. The molecule has 0 spiro atoms. The van der Waals surface area contributed by atoms with Crippen molar-refractivity contribution in [3.63, 3.8) is 0 Å². The van der Waals surface area contributed by atoms with Gasteiger partial charge in [0.1, 0.15) is 0 Å². The maximum absolute atomic E-state index is 12.4. The quantitative estimate of drug-likeness (QED) is 0.290. The van der Waals surface area contributed by atoms with Crippen molar-refractivity contribution in [3.8, 4) is 22.1 Å². The van der Waals surface area contributed by atoms with Crippen LogP contribution in [-0.4, -0.2) is 43.7 Å². The van der Waals surface area contributed by atoms with Gasteiger partial charge in [0.25, 0.3) is 5.91 Å². The summed E-state index contributed by atoms with van der Waals surface area (Å²) in [5, 5.41) is 8.76. The smallest absolute Gasteiger partial charge is 0.306 e. The summed E-state index contributed by atoms with van der Waals surface area (Å²) in [5.74, 6) is 0.193. The number of hydrogen-bond acceptors (Lipinski definition) is 9. The number of esters is 1. The van der Waals surface area contributed by atoms with E-state index in [1.807, 2.05) is 5.38 Å². The second kappa shape index (κ2) is 11.7. The lowest BCUT2D eigenvalue weighted by atomic mass is 10.2. The molecule has 0 radical (unpaired) electrons. The molecule has 2 heterocycles. The van der Waals surface area contributed by atoms with E-state index >= 15 is 0 Å². The Morgan fingerprint density at radius 3 is 2.61 bits per heavy atom. The van der Waals surface area contributed by atoms with E-state index in [9.17, 15) is 9.59 Å². The van der Waals surface area contributed by atoms with E-state index in [2.05, 4.69) is 34.7 Å². The summed E-state index contributed by atoms with van der Waals surface area (Å²) in [6.07, 6.45) is -0.159. The lowest BCUT2D eigenvalue weighted by molar-refractivity contribution is -0.153. The average Bonchev–Trinajstić information content (AvgIpc) is 3.45. The van der Waals surface area contributed by atoms with Crippen LogP contribution in [0.3, 0.4) is 0 Å². The number of aryl methyl sites for hydroxylation is 1. The van der Waals surface area contributed by atoms with Gasteiger partial charge in [-0.05, 0) is 44.5 Å². The molecule has 33 heavy (non-hydrogen) atoms. The van der Waals surface area contributed by atoms with E-state index in [4.69, 9.17) is 14.2 Å². The van der Waals surface area contributed by atoms with Gasteiger partial charge < -0.3 is 24.8 Å². The molecule has 0 aliphatic heterocycles. The molecule has 8 nitrogen and oxygen atoms in total. The van der Waals surface area contributed by atoms with Crippen molar-refractivity contribution in [2.75, 3.05) is 31.4 Å². The van der Waals surface area contributed by atoms with E-state index in [0.29, 0.717) is 30.2 Å². The van der Waals surface area contributed by atoms with Crippen molar-refractivity contribution >= 4 is 45.4 Å². The first kappa shape index (κ1) is 24.5. The van der Waals surface area contributed by atoms with E-state index in [-0.39, 0.29) is 6.42 Å². The van der Waals surface area contributed by atoms with Crippen LogP contribution in [0.15, 0.2) is 35.7 Å². The van der Waals surface area contributed by atoms with Gasteiger partial charge >= 0.3 is 5.97 Å². The van der Waals surface area contributed by atoms with Gasteiger partial charge in [0.05, 0.1) is 24.8 Å². The largest absolute Gasteiger partial charge is 0.493 e. The number of thiazole rings is 1. The molecule has 0 saturated heterocycles. The Hall–Kier alpha value is -3.11. The summed E-state index contributed by atoms with van der Waals surface area (Å²) in [6.45, 7) is 4.19. The molecule has 10 heteroatoms. The van der Waals surface area contributed by atoms with Crippen molar-refractivity contribution in [1.82, 2.24) is 4.98 Å². The SMILES string of the molecule is COc1ccc(NC(=O)C(C)OC(=O)CCCNc2nc(-c3ccc(C)s3)cs2)cc1OC. The van der Waals surface area contributed by atoms with Crippen molar-refractivity contribution in [2.24, 2.45) is 0 Å². The maximum Gasteiger partial charge on any atom is 0.306 e. The Balaban J connectivity index is 1.39. The van der Waals surface area contributed by atoms with Crippen molar-refractivity contribution < 1.29 is 23.8 Å². The Bertz CT molecular complexity index is 1100. The highest BCUT2D eigenvalue weighted by atomic mass is 32.1. The van der Waals surface area contributed by atoms with Crippen LogP contribution in [-0.2, 0) is 14.3 Å². The number of carbonyl (C=O) groups excluding carboxylic acids is 2. The Morgan fingerprint density at radius 1 is 1.12 bits per heavy atom. The summed E-state index contributed by atoms with van der Waals surface area (Å²) in [6, 6.07) is 9.15. The van der Waals surface area contributed by atoms with E-state index < -0.39 is 18.0 Å². The Labute approximate surface area is 200 Å². The fourth-order valence-corrected chi connectivity index (χ4v) is 4.58. The van der Waals surface area contributed by atoms with Crippen LogP contribution in [0.1, 0.15) is 24.6 Å². The predicted molar refractivity (Wildman–Crippen MR) is 132 cm³/mol. The van der Waals surface area contributed by atoms with Gasteiger partial charge in [-0.1, -0.05) is 0 Å². The van der Waals surface area contributed by atoms with Crippen LogP contribution in [0.4, 0.5) is 10.8 Å². The third kappa shape index (κ3) is 6.93. The second-order valence-electron chi connectivity index (χ2n) is 7.17. The second-order valence-corrected chi connectivity index (χ2v) is 9.32. The number of hydrogen-bond donors (Lipinski definition) is 2. The topological polar surface area (TPSA) is 98.8 Å². The highest BCUT2D eigenvalue weighted by Crippen LogP contribution is 2.31. The number of benzene rings is 1. The zero-order valence-electron chi connectivity index (χ0n) is 19.0. The molecule has 0 aliphatic carbocycles. The zero-order valence-corrected chi connectivity index (χ0v) is 20.6. The number of rotatable bonds is 11. The van der Waals surface area contributed by atoms with E-state index in [1.54, 1.807) is 29.5 Å². The van der Waals surface area contributed by atoms with Crippen LogP contribution in [0.25, 0.3) is 10.6 Å². The molecule has 2 N–H and O–H groups in total. The first-order valence-electron chi connectivity index (χ1n) is 10.4. The average molecular weight is 490 g/mol. The molecule has 1 aromatic carbocycles. The van der Waals surface area contributed by atoms with E-state index in [1.165, 1.54) is 37.4 Å². The summed E-state index contributed by atoms with van der Waals surface area (Å²) in [7, 11) is 3.05. The minimum absolute atomic E-state index is 0.198. The molecule has 3 aromatic rings. The standard InChI is InChI=1S/C23H27N3O5S2/c1-14-7-10-20(33-14)17-13-32-23(26-17)24-11-5-6-21(27)31-15(2)22(28)25-16-8-9-18(29-3)19(12-16)30-4/h7-10,12-13,15H,5-6,11H2,1-4H3,(H,24,26)(H,25,28). The van der Waals surface area contributed by atoms with Gasteiger partial charge in [0.2, 0.25) is 0 Å². The Kier molecular flexibility index (Phi) is 8.67. The number of nitrogens with one attached hydrogen (secondary N) is 2. The molecule has 176 valence electrons. The molecular formula is C23H27N3O5S2. The van der Waals surface area contributed by atoms with Crippen LogP contribution in [0.5, 0.6) is 11.5 Å². The van der Waals surface area contributed by atoms with Gasteiger partial charge in [0, 0.05) is 35.0 Å². The highest BCUT2D eigenvalue weighted by Gasteiger charge is 2.18. The number of ether oxygens (including phenoxy) is 3. The predicted octanol–water partition coefficient (Wildman–Crippen LogP) is 4.96. The first-order chi connectivity index (χ1) is 15.9. The number of aromatic nitrogens is 1. The number of methoxy groups -OCH3 is 2. The zero-order chi connectivity index (χ0) is 23.8. The summed E-state index contributed by atoms with van der Waals surface area (Å²) >= 11 is 3.24. The molecular weight excluding hydrogens is 462 g/mol. The minimum atomic E-state index is -0.922. The molecule has 2 aromatic heterocycles. The molecule has 1 amide bonds.